The summed E-state index contributed by atoms with van der Waals surface area (Å²) < 4.78 is 0. The van der Waals surface area contributed by atoms with Gasteiger partial charge in [-0.2, -0.15) is 0 Å². The number of fused-ring (bicyclic) bond motifs is 1. The van der Waals surface area contributed by atoms with Gasteiger partial charge >= 0.3 is 0 Å². The molecule has 0 unspecified atom stereocenters. The van der Waals surface area contributed by atoms with Crippen molar-refractivity contribution in [3.8, 4) is 11.3 Å². The van der Waals surface area contributed by atoms with Crippen LogP contribution in [0.15, 0.2) is 89.9 Å². The maximum absolute atomic E-state index is 4.64. The molecule has 0 aliphatic carbocycles. The Hall–Kier alpha value is -3.13. The van der Waals surface area contributed by atoms with Crippen molar-refractivity contribution in [2.24, 2.45) is 4.99 Å². The standard InChI is InChI=1S/C21H16N2/c1-3-9-16(10-4-1)21-19(15-22-17-11-5-2-6-12-17)18-13-7-8-14-20(18)23-21/h1-15,23H. The summed E-state index contributed by atoms with van der Waals surface area (Å²) in [7, 11) is 0. The van der Waals surface area contributed by atoms with E-state index < -0.39 is 0 Å². The first-order valence-electron chi connectivity index (χ1n) is 7.67. The van der Waals surface area contributed by atoms with Crippen molar-refractivity contribution >= 4 is 22.8 Å². The molecule has 0 aliphatic heterocycles. The highest BCUT2D eigenvalue weighted by Gasteiger charge is 2.10. The number of aliphatic imine (C=N–C) groups is 1. The number of nitrogens with one attached hydrogen (secondary N) is 1. The summed E-state index contributed by atoms with van der Waals surface area (Å²) in [6.07, 6.45) is 1.95. The highest BCUT2D eigenvalue weighted by Crippen LogP contribution is 2.29. The van der Waals surface area contributed by atoms with Crippen LogP contribution in [0.5, 0.6) is 0 Å². The van der Waals surface area contributed by atoms with Crippen molar-refractivity contribution in [1.82, 2.24) is 4.98 Å². The van der Waals surface area contributed by atoms with Crippen molar-refractivity contribution in [3.05, 3.63) is 90.5 Å². The van der Waals surface area contributed by atoms with Gasteiger partial charge in [-0.15, -0.1) is 0 Å². The second kappa shape index (κ2) is 5.93. The average molecular weight is 296 g/mol. The number of hydrogen-bond donors (Lipinski definition) is 1. The topological polar surface area (TPSA) is 28.1 Å². The molecule has 1 heterocycles. The van der Waals surface area contributed by atoms with Crippen LogP contribution in [0.4, 0.5) is 5.69 Å². The van der Waals surface area contributed by atoms with Crippen molar-refractivity contribution in [2.45, 2.75) is 0 Å². The molecule has 0 saturated carbocycles. The Bertz CT molecular complexity index is 951. The fourth-order valence-corrected chi connectivity index (χ4v) is 2.78. The normalized spacial score (nSPS) is 11.3. The van der Waals surface area contributed by atoms with Gasteiger partial charge in [0, 0.05) is 22.7 Å². The fraction of sp³-hybridized carbons (Fsp3) is 0. The molecule has 0 atom stereocenters. The second-order valence-electron chi connectivity index (χ2n) is 5.42. The van der Waals surface area contributed by atoms with Gasteiger partial charge in [0.15, 0.2) is 0 Å². The van der Waals surface area contributed by atoms with E-state index in [-0.39, 0.29) is 0 Å². The molecule has 0 saturated heterocycles. The van der Waals surface area contributed by atoms with Crippen LogP contribution in [-0.4, -0.2) is 11.2 Å². The lowest BCUT2D eigenvalue weighted by Gasteiger charge is -2.00. The van der Waals surface area contributed by atoms with Crippen LogP contribution >= 0.6 is 0 Å². The highest BCUT2D eigenvalue weighted by atomic mass is 14.8. The van der Waals surface area contributed by atoms with E-state index in [0.29, 0.717) is 0 Å². The number of H-pyrrole nitrogens is 1. The minimum absolute atomic E-state index is 0.955. The van der Waals surface area contributed by atoms with E-state index in [4.69, 9.17) is 0 Å². The first kappa shape index (κ1) is 13.5. The quantitative estimate of drug-likeness (QED) is 0.478. The van der Waals surface area contributed by atoms with E-state index >= 15 is 0 Å². The van der Waals surface area contributed by atoms with Gasteiger partial charge in [0.25, 0.3) is 0 Å². The Morgan fingerprint density at radius 3 is 2.13 bits per heavy atom. The van der Waals surface area contributed by atoms with Crippen LogP contribution < -0.4 is 0 Å². The molecule has 0 spiro atoms. The number of benzene rings is 3. The third kappa shape index (κ3) is 2.67. The average Bonchev–Trinajstić information content (AvgIpc) is 3.00. The molecule has 0 aliphatic rings. The molecular formula is C21H16N2. The molecule has 2 nitrogen and oxygen atoms in total. The van der Waals surface area contributed by atoms with Gasteiger partial charge in [0.1, 0.15) is 0 Å². The highest BCUT2D eigenvalue weighted by molar-refractivity contribution is 6.06. The third-order valence-corrected chi connectivity index (χ3v) is 3.91. The molecule has 1 aromatic heterocycles. The molecule has 23 heavy (non-hydrogen) atoms. The summed E-state index contributed by atoms with van der Waals surface area (Å²) >= 11 is 0. The molecule has 0 amide bonds. The predicted octanol–water partition coefficient (Wildman–Crippen LogP) is 5.59. The van der Waals surface area contributed by atoms with Crippen molar-refractivity contribution in [2.75, 3.05) is 0 Å². The molecule has 4 aromatic rings. The number of aromatic nitrogens is 1. The molecule has 3 aromatic carbocycles. The molecular weight excluding hydrogens is 280 g/mol. The van der Waals surface area contributed by atoms with E-state index in [1.165, 1.54) is 10.9 Å². The number of aromatic amines is 1. The Balaban J connectivity index is 1.88. The lowest BCUT2D eigenvalue weighted by atomic mass is 10.1. The van der Waals surface area contributed by atoms with Gasteiger partial charge < -0.3 is 4.98 Å². The van der Waals surface area contributed by atoms with Crippen LogP contribution in [0.1, 0.15) is 5.56 Å². The Labute approximate surface area is 135 Å². The van der Waals surface area contributed by atoms with Gasteiger partial charge in [-0.25, -0.2) is 0 Å². The zero-order valence-corrected chi connectivity index (χ0v) is 12.6. The predicted molar refractivity (Wildman–Crippen MR) is 97.4 cm³/mol. The van der Waals surface area contributed by atoms with Crippen LogP contribution in [0.3, 0.4) is 0 Å². The zero-order chi connectivity index (χ0) is 15.5. The summed E-state index contributed by atoms with van der Waals surface area (Å²) in [6, 6.07) is 28.7. The number of nitrogens with zero attached hydrogens (tertiary/aromatic N) is 1. The lowest BCUT2D eigenvalue weighted by molar-refractivity contribution is 1.44. The van der Waals surface area contributed by atoms with E-state index in [9.17, 15) is 0 Å². The Morgan fingerprint density at radius 1 is 0.696 bits per heavy atom. The smallest absolute Gasteiger partial charge is 0.0629 e. The molecule has 0 radical (unpaired) electrons. The minimum Gasteiger partial charge on any atom is -0.354 e. The summed E-state index contributed by atoms with van der Waals surface area (Å²) in [5, 5.41) is 1.19. The summed E-state index contributed by atoms with van der Waals surface area (Å²) in [5.74, 6) is 0. The molecule has 1 N–H and O–H groups in total. The van der Waals surface area contributed by atoms with Gasteiger partial charge in [-0.1, -0.05) is 66.7 Å². The van der Waals surface area contributed by atoms with Gasteiger partial charge in [-0.3, -0.25) is 4.99 Å². The van der Waals surface area contributed by atoms with E-state index in [1.807, 2.05) is 48.7 Å². The lowest BCUT2D eigenvalue weighted by Crippen LogP contribution is -1.85. The van der Waals surface area contributed by atoms with E-state index in [2.05, 4.69) is 52.4 Å². The van der Waals surface area contributed by atoms with Crippen molar-refractivity contribution in [1.29, 1.82) is 0 Å². The number of hydrogen-bond acceptors (Lipinski definition) is 1. The van der Waals surface area contributed by atoms with Gasteiger partial charge in [-0.05, 0) is 23.8 Å². The monoisotopic (exact) mass is 296 g/mol. The first-order valence-corrected chi connectivity index (χ1v) is 7.67. The Kier molecular flexibility index (Phi) is 3.49. The third-order valence-electron chi connectivity index (χ3n) is 3.91. The first-order chi connectivity index (χ1) is 11.4. The minimum atomic E-state index is 0.955. The second-order valence-corrected chi connectivity index (χ2v) is 5.42. The summed E-state index contributed by atoms with van der Waals surface area (Å²) in [6.45, 7) is 0. The molecule has 0 fully saturated rings. The fourth-order valence-electron chi connectivity index (χ4n) is 2.78. The maximum atomic E-state index is 4.64. The van der Waals surface area contributed by atoms with E-state index in [1.54, 1.807) is 0 Å². The molecule has 2 heteroatoms. The SMILES string of the molecule is C(=Nc1ccccc1)c1c(-c2ccccc2)[nH]c2ccccc12. The molecule has 110 valence electrons. The molecule has 0 bridgehead atoms. The summed E-state index contributed by atoms with van der Waals surface area (Å²) in [5.41, 5.74) is 5.47. The van der Waals surface area contributed by atoms with Crippen molar-refractivity contribution in [3.63, 3.8) is 0 Å². The van der Waals surface area contributed by atoms with Crippen LogP contribution in [0, 0.1) is 0 Å². The number of para-hydroxylation sites is 2. The van der Waals surface area contributed by atoms with Gasteiger partial charge in [0.2, 0.25) is 0 Å². The molecule has 4 rings (SSSR count). The Morgan fingerprint density at radius 2 is 1.35 bits per heavy atom. The largest absolute Gasteiger partial charge is 0.354 e. The maximum Gasteiger partial charge on any atom is 0.0629 e. The van der Waals surface area contributed by atoms with Gasteiger partial charge in [0.05, 0.1) is 11.4 Å². The zero-order valence-electron chi connectivity index (χ0n) is 12.6. The number of rotatable bonds is 3. The van der Waals surface area contributed by atoms with Crippen LogP contribution in [0.2, 0.25) is 0 Å². The summed E-state index contributed by atoms with van der Waals surface area (Å²) in [4.78, 5) is 8.17. The van der Waals surface area contributed by atoms with E-state index in [0.717, 1.165) is 22.5 Å². The van der Waals surface area contributed by atoms with Crippen LogP contribution in [0.25, 0.3) is 22.2 Å². The van der Waals surface area contributed by atoms with Crippen LogP contribution in [-0.2, 0) is 0 Å². The van der Waals surface area contributed by atoms with Crippen molar-refractivity contribution < 1.29 is 0 Å².